The molecule has 1 amide bonds. The summed E-state index contributed by atoms with van der Waals surface area (Å²) in [4.78, 5) is 12.9. The Hall–Kier alpha value is -1.66. The lowest BCUT2D eigenvalue weighted by atomic mass is 9.79. The van der Waals surface area contributed by atoms with E-state index in [0.29, 0.717) is 31.7 Å². The monoisotopic (exact) mass is 308 g/mol. The Bertz CT molecular complexity index is 554. The highest BCUT2D eigenvalue weighted by Crippen LogP contribution is 2.33. The molecule has 1 aromatic carbocycles. The van der Waals surface area contributed by atoms with Gasteiger partial charge in [-0.05, 0) is 43.5 Å². The summed E-state index contributed by atoms with van der Waals surface area (Å²) >= 11 is 5.13. The van der Waals surface area contributed by atoms with Crippen LogP contribution in [-0.2, 0) is 9.53 Å². The molecule has 0 aliphatic carbocycles. The van der Waals surface area contributed by atoms with Gasteiger partial charge in [-0.1, -0.05) is 12.2 Å². The molecule has 1 saturated heterocycles. The van der Waals surface area contributed by atoms with E-state index in [9.17, 15) is 4.79 Å². The summed E-state index contributed by atoms with van der Waals surface area (Å²) in [5.41, 5.74) is 6.67. The topological polar surface area (TPSA) is 73.6 Å². The molecule has 1 aliphatic rings. The quantitative estimate of drug-likeness (QED) is 0.833. The number of nitrogens with one attached hydrogen (secondary N) is 1. The van der Waals surface area contributed by atoms with E-state index in [-0.39, 0.29) is 10.9 Å². The van der Waals surface area contributed by atoms with Crippen LogP contribution < -0.4 is 15.8 Å². The molecule has 0 atom stereocenters. The van der Waals surface area contributed by atoms with Crippen molar-refractivity contribution < 1.29 is 14.3 Å². The minimum atomic E-state index is -0.818. The maximum absolute atomic E-state index is 12.6. The standard InChI is InChI=1S/C15H20N2O3S/c1-10-9-11(3-4-12(10)19-2)17-14(18)15(13(16)21)5-7-20-8-6-15/h3-4,9H,5-8H2,1-2H3,(H2,16,21)(H,17,18). The number of carbonyl (C=O) groups excluding carboxylic acids is 1. The molecule has 114 valence electrons. The minimum absolute atomic E-state index is 0.164. The van der Waals surface area contributed by atoms with Crippen molar-refractivity contribution in [3.63, 3.8) is 0 Å². The molecule has 0 aromatic heterocycles. The van der Waals surface area contributed by atoms with Crippen molar-refractivity contribution in [3.05, 3.63) is 23.8 Å². The van der Waals surface area contributed by atoms with Gasteiger partial charge in [0.15, 0.2) is 0 Å². The SMILES string of the molecule is COc1ccc(NC(=O)C2(C(N)=S)CCOCC2)cc1C. The van der Waals surface area contributed by atoms with Crippen molar-refractivity contribution in [2.45, 2.75) is 19.8 Å². The first-order valence-electron chi connectivity index (χ1n) is 6.83. The Morgan fingerprint density at radius 3 is 2.62 bits per heavy atom. The number of thiocarbonyl (C=S) groups is 1. The molecule has 6 heteroatoms. The lowest BCUT2D eigenvalue weighted by Gasteiger charge is -2.34. The van der Waals surface area contributed by atoms with Crippen molar-refractivity contribution in [2.75, 3.05) is 25.6 Å². The second kappa shape index (κ2) is 6.41. The second-order valence-electron chi connectivity index (χ2n) is 5.20. The predicted molar refractivity (Wildman–Crippen MR) is 85.6 cm³/mol. The molecular weight excluding hydrogens is 288 g/mol. The highest BCUT2D eigenvalue weighted by molar-refractivity contribution is 7.80. The maximum atomic E-state index is 12.6. The van der Waals surface area contributed by atoms with Crippen LogP contribution in [0, 0.1) is 12.3 Å². The Morgan fingerprint density at radius 2 is 2.10 bits per heavy atom. The van der Waals surface area contributed by atoms with Gasteiger partial charge >= 0.3 is 0 Å². The van der Waals surface area contributed by atoms with E-state index in [0.717, 1.165) is 11.3 Å². The number of hydrogen-bond acceptors (Lipinski definition) is 4. The molecule has 21 heavy (non-hydrogen) atoms. The molecule has 2 rings (SSSR count). The van der Waals surface area contributed by atoms with Crippen molar-refractivity contribution in [1.82, 2.24) is 0 Å². The Balaban J connectivity index is 2.19. The maximum Gasteiger partial charge on any atom is 0.237 e. The van der Waals surface area contributed by atoms with Gasteiger partial charge in [0.05, 0.1) is 12.1 Å². The number of rotatable bonds is 4. The van der Waals surface area contributed by atoms with E-state index in [1.165, 1.54) is 0 Å². The van der Waals surface area contributed by atoms with Gasteiger partial charge in [-0.2, -0.15) is 0 Å². The minimum Gasteiger partial charge on any atom is -0.496 e. The van der Waals surface area contributed by atoms with Crippen LogP contribution in [0.2, 0.25) is 0 Å². The molecule has 1 aliphatic heterocycles. The van der Waals surface area contributed by atoms with Crippen molar-refractivity contribution in [3.8, 4) is 5.75 Å². The van der Waals surface area contributed by atoms with Crippen LogP contribution in [0.3, 0.4) is 0 Å². The van der Waals surface area contributed by atoms with Crippen LogP contribution in [0.1, 0.15) is 18.4 Å². The fourth-order valence-corrected chi connectivity index (χ4v) is 2.81. The average Bonchev–Trinajstić information content (AvgIpc) is 2.48. The van der Waals surface area contributed by atoms with Crippen molar-refractivity contribution >= 4 is 28.8 Å². The van der Waals surface area contributed by atoms with Crippen LogP contribution in [-0.4, -0.2) is 31.2 Å². The van der Waals surface area contributed by atoms with E-state index >= 15 is 0 Å². The molecule has 0 unspecified atom stereocenters. The Kier molecular flexibility index (Phi) is 4.80. The van der Waals surface area contributed by atoms with Crippen LogP contribution in [0.25, 0.3) is 0 Å². The normalized spacial score (nSPS) is 17.0. The molecule has 0 spiro atoms. The lowest BCUT2D eigenvalue weighted by Crippen LogP contribution is -2.49. The zero-order valence-corrected chi connectivity index (χ0v) is 13.1. The molecule has 0 bridgehead atoms. The van der Waals surface area contributed by atoms with E-state index in [1.807, 2.05) is 19.1 Å². The molecule has 0 saturated carbocycles. The van der Waals surface area contributed by atoms with Crippen LogP contribution in [0.5, 0.6) is 5.75 Å². The third kappa shape index (κ3) is 3.16. The van der Waals surface area contributed by atoms with Crippen molar-refractivity contribution in [1.29, 1.82) is 0 Å². The average molecular weight is 308 g/mol. The van der Waals surface area contributed by atoms with Gasteiger partial charge in [-0.15, -0.1) is 0 Å². The number of ether oxygens (including phenoxy) is 2. The van der Waals surface area contributed by atoms with E-state index in [4.69, 9.17) is 27.4 Å². The summed E-state index contributed by atoms with van der Waals surface area (Å²) in [5, 5.41) is 2.91. The fourth-order valence-electron chi connectivity index (χ4n) is 2.51. The fraction of sp³-hybridized carbons (Fsp3) is 0.467. The number of nitrogens with two attached hydrogens (primary N) is 1. The second-order valence-corrected chi connectivity index (χ2v) is 5.64. The molecule has 1 fully saturated rings. The number of anilines is 1. The summed E-state index contributed by atoms with van der Waals surface area (Å²) < 4.78 is 10.5. The van der Waals surface area contributed by atoms with Gasteiger partial charge in [0.25, 0.3) is 0 Å². The molecule has 5 nitrogen and oxygen atoms in total. The molecule has 1 heterocycles. The van der Waals surface area contributed by atoms with E-state index in [2.05, 4.69) is 5.32 Å². The first kappa shape index (κ1) is 15.7. The van der Waals surface area contributed by atoms with Gasteiger partial charge in [0.2, 0.25) is 5.91 Å². The zero-order chi connectivity index (χ0) is 15.5. The largest absolute Gasteiger partial charge is 0.496 e. The number of benzene rings is 1. The first-order chi connectivity index (χ1) is 9.99. The molecule has 0 radical (unpaired) electrons. The number of amides is 1. The van der Waals surface area contributed by atoms with Gasteiger partial charge in [0, 0.05) is 18.9 Å². The molecule has 3 N–H and O–H groups in total. The molecule has 1 aromatic rings. The smallest absolute Gasteiger partial charge is 0.237 e. The highest BCUT2D eigenvalue weighted by atomic mass is 32.1. The van der Waals surface area contributed by atoms with Crippen LogP contribution in [0.4, 0.5) is 5.69 Å². The Labute approximate surface area is 129 Å². The number of carbonyl (C=O) groups is 1. The molecular formula is C15H20N2O3S. The van der Waals surface area contributed by atoms with Gasteiger partial charge in [0.1, 0.15) is 11.2 Å². The zero-order valence-electron chi connectivity index (χ0n) is 12.3. The summed E-state index contributed by atoms with van der Waals surface area (Å²) in [6, 6.07) is 5.49. The van der Waals surface area contributed by atoms with Gasteiger partial charge in [-0.3, -0.25) is 4.79 Å². The summed E-state index contributed by atoms with van der Waals surface area (Å²) in [6.45, 7) is 2.91. The van der Waals surface area contributed by atoms with E-state index < -0.39 is 5.41 Å². The third-order valence-corrected chi connectivity index (χ3v) is 4.30. The van der Waals surface area contributed by atoms with Crippen LogP contribution >= 0.6 is 12.2 Å². The summed E-state index contributed by atoms with van der Waals surface area (Å²) in [7, 11) is 1.62. The van der Waals surface area contributed by atoms with Gasteiger partial charge in [-0.25, -0.2) is 0 Å². The van der Waals surface area contributed by atoms with Crippen LogP contribution in [0.15, 0.2) is 18.2 Å². The third-order valence-electron chi connectivity index (χ3n) is 3.91. The van der Waals surface area contributed by atoms with E-state index in [1.54, 1.807) is 13.2 Å². The first-order valence-corrected chi connectivity index (χ1v) is 7.24. The highest BCUT2D eigenvalue weighted by Gasteiger charge is 2.43. The van der Waals surface area contributed by atoms with Crippen molar-refractivity contribution in [2.24, 2.45) is 11.1 Å². The summed E-state index contributed by atoms with van der Waals surface area (Å²) in [5.74, 6) is 0.617. The lowest BCUT2D eigenvalue weighted by molar-refractivity contribution is -0.126. The summed E-state index contributed by atoms with van der Waals surface area (Å²) in [6.07, 6.45) is 1.03. The Morgan fingerprint density at radius 1 is 1.43 bits per heavy atom. The number of methoxy groups -OCH3 is 1. The number of hydrogen-bond donors (Lipinski definition) is 2. The predicted octanol–water partition coefficient (Wildman–Crippen LogP) is 2.03. The van der Waals surface area contributed by atoms with Gasteiger partial charge < -0.3 is 20.5 Å². The number of aryl methyl sites for hydroxylation is 1.